The van der Waals surface area contributed by atoms with Crippen molar-refractivity contribution in [3.05, 3.63) is 40.4 Å². The third kappa shape index (κ3) is 1.35. The van der Waals surface area contributed by atoms with E-state index in [1.165, 1.54) is 10.5 Å². The lowest BCUT2D eigenvalue weighted by Gasteiger charge is -2.03. The van der Waals surface area contributed by atoms with Crippen LogP contribution in [0.3, 0.4) is 0 Å². The van der Waals surface area contributed by atoms with Gasteiger partial charge in [-0.15, -0.1) is 0 Å². The molecule has 2 aromatic rings. The Bertz CT molecular complexity index is 531. The van der Waals surface area contributed by atoms with Crippen LogP contribution in [0.1, 0.15) is 5.69 Å². The lowest BCUT2D eigenvalue weighted by Crippen LogP contribution is -2.14. The molecule has 0 spiro atoms. The van der Waals surface area contributed by atoms with Crippen LogP contribution in [-0.4, -0.2) is 16.5 Å². The van der Waals surface area contributed by atoms with Crippen LogP contribution in [0.15, 0.2) is 29.2 Å². The second-order valence-electron chi connectivity index (χ2n) is 3.03. The standard InChI is InChI=1S/C10H10N2O2/c1-7-5-10(13)12-6-8(14-2)3-4-9(12)11-7/h3-6H,1-2H3. The predicted octanol–water partition coefficient (Wildman–Crippen LogP) is 1.01. The highest BCUT2D eigenvalue weighted by atomic mass is 16.5. The number of ether oxygens (including phenoxy) is 1. The topological polar surface area (TPSA) is 43.6 Å². The summed E-state index contributed by atoms with van der Waals surface area (Å²) in [5.74, 6) is 0.644. The van der Waals surface area contributed by atoms with E-state index < -0.39 is 0 Å². The van der Waals surface area contributed by atoms with Crippen molar-refractivity contribution in [1.82, 2.24) is 9.38 Å². The highest BCUT2D eigenvalue weighted by Gasteiger charge is 2.00. The van der Waals surface area contributed by atoms with Crippen LogP contribution in [0.25, 0.3) is 5.65 Å². The van der Waals surface area contributed by atoms with Gasteiger partial charge in [0.2, 0.25) is 0 Å². The molecule has 0 unspecified atom stereocenters. The van der Waals surface area contributed by atoms with Gasteiger partial charge >= 0.3 is 0 Å². The summed E-state index contributed by atoms with van der Waals surface area (Å²) in [7, 11) is 1.56. The summed E-state index contributed by atoms with van der Waals surface area (Å²) >= 11 is 0. The zero-order valence-corrected chi connectivity index (χ0v) is 8.02. The van der Waals surface area contributed by atoms with Crippen LogP contribution in [-0.2, 0) is 0 Å². The number of nitrogens with zero attached hydrogens (tertiary/aromatic N) is 2. The molecule has 72 valence electrons. The molecule has 0 radical (unpaired) electrons. The second kappa shape index (κ2) is 3.14. The summed E-state index contributed by atoms with van der Waals surface area (Å²) in [6.45, 7) is 1.80. The Balaban J connectivity index is 2.82. The van der Waals surface area contributed by atoms with E-state index in [1.54, 1.807) is 32.4 Å². The van der Waals surface area contributed by atoms with Crippen molar-refractivity contribution in [3.63, 3.8) is 0 Å². The van der Waals surface area contributed by atoms with E-state index in [4.69, 9.17) is 4.74 Å². The van der Waals surface area contributed by atoms with Crippen LogP contribution in [0.5, 0.6) is 5.75 Å². The quantitative estimate of drug-likeness (QED) is 0.674. The molecule has 2 rings (SSSR count). The lowest BCUT2D eigenvalue weighted by molar-refractivity contribution is 0.412. The number of rotatable bonds is 1. The predicted molar refractivity (Wildman–Crippen MR) is 52.8 cm³/mol. The van der Waals surface area contributed by atoms with E-state index in [2.05, 4.69) is 4.98 Å². The van der Waals surface area contributed by atoms with E-state index in [1.807, 2.05) is 0 Å². The first kappa shape index (κ1) is 8.74. The first-order valence-electron chi connectivity index (χ1n) is 4.25. The molecule has 0 aromatic carbocycles. The van der Waals surface area contributed by atoms with Gasteiger partial charge in [0.15, 0.2) is 0 Å². The van der Waals surface area contributed by atoms with Crippen LogP contribution < -0.4 is 10.3 Å². The smallest absolute Gasteiger partial charge is 0.258 e. The van der Waals surface area contributed by atoms with Crippen LogP contribution in [0, 0.1) is 6.92 Å². The Morgan fingerprint density at radius 1 is 1.43 bits per heavy atom. The van der Waals surface area contributed by atoms with Crippen molar-refractivity contribution in [2.45, 2.75) is 6.92 Å². The summed E-state index contributed by atoms with van der Waals surface area (Å²) in [6.07, 6.45) is 1.63. The second-order valence-corrected chi connectivity index (χ2v) is 3.03. The summed E-state index contributed by atoms with van der Waals surface area (Å²) < 4.78 is 6.48. The Morgan fingerprint density at radius 3 is 2.93 bits per heavy atom. The van der Waals surface area contributed by atoms with E-state index in [0.717, 1.165) is 5.69 Å². The average Bonchev–Trinajstić information content (AvgIpc) is 2.17. The SMILES string of the molecule is COc1ccc2nc(C)cc(=O)n2c1. The van der Waals surface area contributed by atoms with Crippen molar-refractivity contribution in [2.24, 2.45) is 0 Å². The van der Waals surface area contributed by atoms with Crippen molar-refractivity contribution in [3.8, 4) is 5.75 Å². The largest absolute Gasteiger partial charge is 0.495 e. The fourth-order valence-corrected chi connectivity index (χ4v) is 1.32. The van der Waals surface area contributed by atoms with E-state index in [-0.39, 0.29) is 5.56 Å². The zero-order chi connectivity index (χ0) is 10.1. The molecule has 14 heavy (non-hydrogen) atoms. The molecular weight excluding hydrogens is 180 g/mol. The van der Waals surface area contributed by atoms with Gasteiger partial charge in [0.05, 0.1) is 13.3 Å². The van der Waals surface area contributed by atoms with Crippen LogP contribution in [0.2, 0.25) is 0 Å². The molecule has 4 nitrogen and oxygen atoms in total. The highest BCUT2D eigenvalue weighted by Crippen LogP contribution is 2.09. The zero-order valence-electron chi connectivity index (χ0n) is 8.02. The van der Waals surface area contributed by atoms with Gasteiger partial charge in [-0.25, -0.2) is 4.98 Å². The Labute approximate surface area is 80.8 Å². The van der Waals surface area contributed by atoms with E-state index >= 15 is 0 Å². The normalized spacial score (nSPS) is 10.4. The average molecular weight is 190 g/mol. The summed E-state index contributed by atoms with van der Waals surface area (Å²) in [6, 6.07) is 5.03. The van der Waals surface area contributed by atoms with Crippen molar-refractivity contribution in [1.29, 1.82) is 0 Å². The van der Waals surface area contributed by atoms with Gasteiger partial charge in [0.1, 0.15) is 11.4 Å². The van der Waals surface area contributed by atoms with Gasteiger partial charge in [0.25, 0.3) is 5.56 Å². The van der Waals surface area contributed by atoms with Crippen molar-refractivity contribution >= 4 is 5.65 Å². The van der Waals surface area contributed by atoms with Gasteiger partial charge < -0.3 is 4.74 Å². The fraction of sp³-hybridized carbons (Fsp3) is 0.200. The number of hydrogen-bond donors (Lipinski definition) is 0. The number of aromatic nitrogens is 2. The lowest BCUT2D eigenvalue weighted by atomic mass is 10.4. The monoisotopic (exact) mass is 190 g/mol. The van der Waals surface area contributed by atoms with Crippen molar-refractivity contribution < 1.29 is 4.74 Å². The minimum absolute atomic E-state index is 0.0913. The maximum Gasteiger partial charge on any atom is 0.258 e. The summed E-state index contributed by atoms with van der Waals surface area (Å²) in [5, 5.41) is 0. The molecule has 0 aliphatic heterocycles. The molecule has 0 aliphatic carbocycles. The molecule has 0 fully saturated rings. The highest BCUT2D eigenvalue weighted by molar-refractivity contribution is 5.41. The molecule has 0 saturated carbocycles. The maximum atomic E-state index is 11.5. The van der Waals surface area contributed by atoms with Crippen LogP contribution >= 0.6 is 0 Å². The molecule has 0 amide bonds. The first-order chi connectivity index (χ1) is 6.70. The molecule has 2 aromatic heterocycles. The molecular formula is C10H10N2O2. The first-order valence-corrected chi connectivity index (χ1v) is 4.25. The number of methoxy groups -OCH3 is 1. The number of aryl methyl sites for hydroxylation is 1. The molecule has 0 saturated heterocycles. The number of hydrogen-bond acceptors (Lipinski definition) is 3. The minimum Gasteiger partial charge on any atom is -0.495 e. The maximum absolute atomic E-state index is 11.5. The molecule has 0 N–H and O–H groups in total. The Morgan fingerprint density at radius 2 is 2.21 bits per heavy atom. The minimum atomic E-state index is -0.0913. The van der Waals surface area contributed by atoms with Gasteiger partial charge in [-0.3, -0.25) is 9.20 Å². The Kier molecular flexibility index (Phi) is 1.96. The molecule has 0 atom stereocenters. The summed E-state index contributed by atoms with van der Waals surface area (Å²) in [5.41, 5.74) is 1.27. The van der Waals surface area contributed by atoms with E-state index in [0.29, 0.717) is 11.4 Å². The third-order valence-electron chi connectivity index (χ3n) is 2.00. The van der Waals surface area contributed by atoms with Gasteiger partial charge in [0, 0.05) is 11.8 Å². The molecule has 0 aliphatic rings. The van der Waals surface area contributed by atoms with E-state index in [9.17, 15) is 4.79 Å². The van der Waals surface area contributed by atoms with Crippen LogP contribution in [0.4, 0.5) is 0 Å². The number of pyridine rings is 1. The van der Waals surface area contributed by atoms with Gasteiger partial charge in [-0.1, -0.05) is 0 Å². The third-order valence-corrected chi connectivity index (χ3v) is 2.00. The molecule has 4 heteroatoms. The van der Waals surface area contributed by atoms with Crippen molar-refractivity contribution in [2.75, 3.05) is 7.11 Å². The Hall–Kier alpha value is -1.84. The fourth-order valence-electron chi connectivity index (χ4n) is 1.32. The summed E-state index contributed by atoms with van der Waals surface area (Å²) in [4.78, 5) is 15.8. The molecule has 0 bridgehead atoms. The van der Waals surface area contributed by atoms with Gasteiger partial charge in [-0.2, -0.15) is 0 Å². The molecule has 2 heterocycles. The van der Waals surface area contributed by atoms with Gasteiger partial charge in [-0.05, 0) is 19.1 Å². The number of fused-ring (bicyclic) bond motifs is 1.